The van der Waals surface area contributed by atoms with Crippen LogP contribution < -0.4 is 4.74 Å². The molecule has 0 bridgehead atoms. The third kappa shape index (κ3) is 2.66. The number of nitrogens with one attached hydrogen (secondary N) is 1. The summed E-state index contributed by atoms with van der Waals surface area (Å²) in [4.78, 5) is 11.4. The molecule has 3 aromatic rings. The van der Waals surface area contributed by atoms with E-state index in [0.717, 1.165) is 22.8 Å². The highest BCUT2D eigenvalue weighted by Crippen LogP contribution is 2.37. The fraction of sp³-hybridized carbons (Fsp3) is 0.118. The lowest BCUT2D eigenvalue weighted by Gasteiger charge is -2.12. The van der Waals surface area contributed by atoms with E-state index in [1.807, 2.05) is 13.0 Å². The van der Waals surface area contributed by atoms with Crippen LogP contribution in [0.3, 0.4) is 0 Å². The van der Waals surface area contributed by atoms with E-state index in [1.54, 1.807) is 24.3 Å². The van der Waals surface area contributed by atoms with Crippen LogP contribution in [0.5, 0.6) is 11.5 Å². The minimum atomic E-state index is -0.527. The zero-order valence-electron chi connectivity index (χ0n) is 12.5. The number of aromatic nitrogens is 3. The molecule has 0 spiro atoms. The van der Waals surface area contributed by atoms with Crippen molar-refractivity contribution in [3.8, 4) is 22.6 Å². The molecular formula is C17H15N3O3. The topological polar surface area (TPSA) is 88.1 Å². The summed E-state index contributed by atoms with van der Waals surface area (Å²) in [6, 6.07) is 8.63. The molecule has 0 aliphatic carbocycles. The van der Waals surface area contributed by atoms with Crippen LogP contribution in [0.25, 0.3) is 22.2 Å². The fourth-order valence-corrected chi connectivity index (χ4v) is 2.55. The Hall–Kier alpha value is -3.15. The van der Waals surface area contributed by atoms with E-state index in [9.17, 15) is 9.90 Å². The molecule has 2 N–H and O–H groups in total. The average Bonchev–Trinajstić information content (AvgIpc) is 3.01. The summed E-state index contributed by atoms with van der Waals surface area (Å²) in [5.74, 6) is 0.0344. The lowest BCUT2D eigenvalue weighted by atomic mass is 9.95. The molecule has 6 nitrogen and oxygen atoms in total. The molecule has 1 heterocycles. The smallest absolute Gasteiger partial charge is 0.335 e. The number of carbonyl (C=O) groups is 1. The number of fused-ring (bicyclic) bond motifs is 1. The highest BCUT2D eigenvalue weighted by Gasteiger charge is 2.17. The molecule has 0 fully saturated rings. The van der Waals surface area contributed by atoms with Gasteiger partial charge in [0, 0.05) is 23.3 Å². The van der Waals surface area contributed by atoms with E-state index in [2.05, 4.69) is 22.0 Å². The molecule has 0 unspecified atom stereocenters. The van der Waals surface area contributed by atoms with Crippen molar-refractivity contribution in [2.45, 2.75) is 13.3 Å². The first-order valence-electron chi connectivity index (χ1n) is 7.14. The van der Waals surface area contributed by atoms with Gasteiger partial charge in [0.2, 0.25) is 0 Å². The summed E-state index contributed by atoms with van der Waals surface area (Å²) in [6.07, 6.45) is 1.73. The number of nitrogens with zero attached hydrogens (tertiary/aromatic N) is 2. The second-order valence-corrected chi connectivity index (χ2v) is 4.95. The van der Waals surface area contributed by atoms with Gasteiger partial charge in [0.15, 0.2) is 0 Å². The zero-order chi connectivity index (χ0) is 16.4. The molecule has 116 valence electrons. The van der Waals surface area contributed by atoms with E-state index in [0.29, 0.717) is 23.2 Å². The second kappa shape index (κ2) is 5.92. The van der Waals surface area contributed by atoms with Gasteiger partial charge in [-0.1, -0.05) is 25.6 Å². The van der Waals surface area contributed by atoms with Gasteiger partial charge >= 0.3 is 5.97 Å². The van der Waals surface area contributed by atoms with Gasteiger partial charge in [-0.25, -0.2) is 4.79 Å². The Bertz CT molecular complexity index is 899. The minimum absolute atomic E-state index is 0.164. The number of hydrogen-bond acceptors (Lipinski definition) is 5. The average molecular weight is 309 g/mol. The maximum atomic E-state index is 11.4. The van der Waals surface area contributed by atoms with E-state index in [4.69, 9.17) is 4.74 Å². The molecule has 0 radical (unpaired) electrons. The van der Waals surface area contributed by atoms with Crippen LogP contribution in [-0.2, 0) is 11.2 Å². The Morgan fingerprint density at radius 3 is 2.96 bits per heavy atom. The van der Waals surface area contributed by atoms with Gasteiger partial charge < -0.3 is 9.84 Å². The van der Waals surface area contributed by atoms with Gasteiger partial charge in [-0.05, 0) is 24.1 Å². The van der Waals surface area contributed by atoms with Gasteiger partial charge in [0.25, 0.3) is 0 Å². The maximum Gasteiger partial charge on any atom is 0.335 e. The van der Waals surface area contributed by atoms with Crippen LogP contribution in [-0.4, -0.2) is 26.5 Å². The molecule has 3 rings (SSSR count). The number of hydrogen-bond donors (Lipinski definition) is 2. The SMILES string of the molecule is C=CC(=O)Oc1cccc(-c2c(CC)c(O)cc3n[nH]nc23)c1. The third-order valence-corrected chi connectivity index (χ3v) is 3.56. The Balaban J connectivity index is 2.20. The van der Waals surface area contributed by atoms with Crippen molar-refractivity contribution in [3.63, 3.8) is 0 Å². The van der Waals surface area contributed by atoms with Crippen molar-refractivity contribution < 1.29 is 14.6 Å². The second-order valence-electron chi connectivity index (χ2n) is 4.95. The molecule has 0 atom stereocenters. The quantitative estimate of drug-likeness (QED) is 0.439. The fourth-order valence-electron chi connectivity index (χ4n) is 2.55. The van der Waals surface area contributed by atoms with Crippen LogP contribution in [0.2, 0.25) is 0 Å². The van der Waals surface area contributed by atoms with E-state index >= 15 is 0 Å². The van der Waals surface area contributed by atoms with Gasteiger partial charge in [-0.2, -0.15) is 15.4 Å². The van der Waals surface area contributed by atoms with Gasteiger partial charge in [0.1, 0.15) is 22.5 Å². The molecule has 0 aliphatic heterocycles. The number of esters is 1. The van der Waals surface area contributed by atoms with Crippen molar-refractivity contribution in [2.24, 2.45) is 0 Å². The van der Waals surface area contributed by atoms with Crippen molar-refractivity contribution in [3.05, 3.63) is 48.6 Å². The molecule has 0 amide bonds. The molecule has 0 aliphatic rings. The first-order chi connectivity index (χ1) is 11.1. The van der Waals surface area contributed by atoms with Gasteiger partial charge in [-0.3, -0.25) is 0 Å². The highest BCUT2D eigenvalue weighted by atomic mass is 16.5. The number of aromatic amines is 1. The first kappa shape index (κ1) is 14.8. The monoisotopic (exact) mass is 309 g/mol. The predicted molar refractivity (Wildman–Crippen MR) is 86.2 cm³/mol. The highest BCUT2D eigenvalue weighted by molar-refractivity contribution is 5.95. The molecule has 23 heavy (non-hydrogen) atoms. The van der Waals surface area contributed by atoms with E-state index in [-0.39, 0.29) is 5.75 Å². The van der Waals surface area contributed by atoms with Gasteiger partial charge in [-0.15, -0.1) is 0 Å². The first-order valence-corrected chi connectivity index (χ1v) is 7.14. The molecule has 0 saturated carbocycles. The normalized spacial score (nSPS) is 10.7. The maximum absolute atomic E-state index is 11.4. The minimum Gasteiger partial charge on any atom is -0.508 e. The number of H-pyrrole nitrogens is 1. The number of aromatic hydroxyl groups is 1. The van der Waals surface area contributed by atoms with Crippen molar-refractivity contribution >= 4 is 17.0 Å². The Labute approximate surface area is 132 Å². The number of rotatable bonds is 4. The Morgan fingerprint density at radius 1 is 1.39 bits per heavy atom. The van der Waals surface area contributed by atoms with Crippen LogP contribution >= 0.6 is 0 Å². The van der Waals surface area contributed by atoms with Crippen LogP contribution in [0.15, 0.2) is 43.0 Å². The predicted octanol–water partition coefficient (Wildman–Crippen LogP) is 2.98. The number of phenols is 1. The van der Waals surface area contributed by atoms with Crippen LogP contribution in [0.1, 0.15) is 12.5 Å². The molecule has 0 saturated heterocycles. The summed E-state index contributed by atoms with van der Waals surface area (Å²) < 4.78 is 5.16. The van der Waals surface area contributed by atoms with Crippen molar-refractivity contribution in [1.82, 2.24) is 15.4 Å². The molecule has 1 aromatic heterocycles. The van der Waals surface area contributed by atoms with Crippen molar-refractivity contribution in [1.29, 1.82) is 0 Å². The lowest BCUT2D eigenvalue weighted by molar-refractivity contribution is -0.128. The third-order valence-electron chi connectivity index (χ3n) is 3.56. The van der Waals surface area contributed by atoms with Crippen molar-refractivity contribution in [2.75, 3.05) is 0 Å². The summed E-state index contributed by atoms with van der Waals surface area (Å²) in [5.41, 5.74) is 3.55. The molecule has 2 aromatic carbocycles. The number of phenolic OH excluding ortho intramolecular Hbond substituents is 1. The Kier molecular flexibility index (Phi) is 3.80. The number of benzene rings is 2. The lowest BCUT2D eigenvalue weighted by Crippen LogP contribution is -2.03. The summed E-state index contributed by atoms with van der Waals surface area (Å²) in [6.45, 7) is 5.33. The van der Waals surface area contributed by atoms with Gasteiger partial charge in [0.05, 0.1) is 0 Å². The Morgan fingerprint density at radius 2 is 2.22 bits per heavy atom. The molecular weight excluding hydrogens is 294 g/mol. The summed E-state index contributed by atoms with van der Waals surface area (Å²) in [5, 5.41) is 21.0. The van der Waals surface area contributed by atoms with E-state index < -0.39 is 5.97 Å². The number of ether oxygens (including phenoxy) is 1. The summed E-state index contributed by atoms with van der Waals surface area (Å²) >= 11 is 0. The largest absolute Gasteiger partial charge is 0.508 e. The molecule has 6 heteroatoms. The summed E-state index contributed by atoms with van der Waals surface area (Å²) in [7, 11) is 0. The van der Waals surface area contributed by atoms with E-state index in [1.165, 1.54) is 0 Å². The zero-order valence-corrected chi connectivity index (χ0v) is 12.5. The number of carbonyl (C=O) groups excluding carboxylic acids is 1. The standard InChI is InChI=1S/C17H15N3O3/c1-3-12-14(21)9-13-17(19-20-18-13)16(12)10-6-5-7-11(8-10)23-15(22)4-2/h4-9,21H,2-3H2,1H3,(H,18,19,20). The van der Waals surface area contributed by atoms with Crippen LogP contribution in [0.4, 0.5) is 0 Å². The van der Waals surface area contributed by atoms with Crippen LogP contribution in [0, 0.1) is 0 Å².